The van der Waals surface area contributed by atoms with Crippen LogP contribution in [0.5, 0.6) is 0 Å². The Bertz CT molecular complexity index is 914. The van der Waals surface area contributed by atoms with Crippen LogP contribution in [0.2, 0.25) is 0 Å². The number of aromatic nitrogens is 2. The number of carbonyl (C=O) groups is 1. The minimum atomic E-state index is -0.271. The van der Waals surface area contributed by atoms with E-state index in [1.54, 1.807) is 11.8 Å². The molecule has 0 aliphatic rings. The van der Waals surface area contributed by atoms with Crippen LogP contribution in [0.4, 0.5) is 5.69 Å². The quantitative estimate of drug-likeness (QED) is 0.518. The van der Waals surface area contributed by atoms with Crippen molar-refractivity contribution >= 4 is 46.0 Å². The van der Waals surface area contributed by atoms with Crippen LogP contribution in [-0.2, 0) is 4.79 Å². The summed E-state index contributed by atoms with van der Waals surface area (Å²) in [7, 11) is 0. The molecule has 128 valence electrons. The van der Waals surface area contributed by atoms with E-state index in [9.17, 15) is 4.79 Å². The lowest BCUT2D eigenvalue weighted by Crippen LogP contribution is -2.23. The number of hydrogen-bond donors (Lipinski definition) is 1. The molecule has 1 atom stereocenters. The SMILES string of the molecule is CSc1ccccc1NC(=O)C(C)Sc1nc(C)nc2ccccc12. The second kappa shape index (κ2) is 7.89. The van der Waals surface area contributed by atoms with Gasteiger partial charge in [-0.1, -0.05) is 42.1 Å². The third-order valence-corrected chi connectivity index (χ3v) is 5.60. The molecule has 0 aliphatic carbocycles. The molecule has 2 aromatic carbocycles. The van der Waals surface area contributed by atoms with Gasteiger partial charge in [0, 0.05) is 10.3 Å². The average molecular weight is 370 g/mol. The van der Waals surface area contributed by atoms with E-state index in [0.29, 0.717) is 5.82 Å². The fraction of sp³-hybridized carbons (Fsp3) is 0.211. The smallest absolute Gasteiger partial charge is 0.237 e. The maximum absolute atomic E-state index is 12.6. The molecule has 6 heteroatoms. The predicted octanol–water partition coefficient (Wildman–Crippen LogP) is 4.78. The number of aryl methyl sites for hydroxylation is 1. The highest BCUT2D eigenvalue weighted by atomic mass is 32.2. The Labute approximate surface area is 155 Å². The molecule has 0 bridgehead atoms. The number of nitrogens with zero attached hydrogens (tertiary/aromatic N) is 2. The largest absolute Gasteiger partial charge is 0.324 e. The summed E-state index contributed by atoms with van der Waals surface area (Å²) >= 11 is 3.07. The second-order valence-corrected chi connectivity index (χ2v) is 7.72. The number of rotatable bonds is 5. The standard InChI is InChI=1S/C19H19N3OS2/c1-12(18(23)22-16-10-6-7-11-17(16)24-3)25-19-14-8-4-5-9-15(14)20-13(2)21-19/h4-12H,1-3H3,(H,22,23). The number of amides is 1. The van der Waals surface area contributed by atoms with Gasteiger partial charge in [-0.15, -0.1) is 11.8 Å². The molecule has 0 saturated carbocycles. The Kier molecular flexibility index (Phi) is 5.60. The zero-order valence-electron chi connectivity index (χ0n) is 14.3. The van der Waals surface area contributed by atoms with Crippen molar-refractivity contribution in [2.45, 2.75) is 29.0 Å². The first-order valence-corrected chi connectivity index (χ1v) is 10.0. The van der Waals surface area contributed by atoms with E-state index in [0.717, 1.165) is 26.5 Å². The van der Waals surface area contributed by atoms with E-state index in [4.69, 9.17) is 0 Å². The van der Waals surface area contributed by atoms with Gasteiger partial charge in [-0.2, -0.15) is 0 Å². The van der Waals surface area contributed by atoms with Crippen molar-refractivity contribution in [1.82, 2.24) is 9.97 Å². The van der Waals surface area contributed by atoms with E-state index in [2.05, 4.69) is 15.3 Å². The monoisotopic (exact) mass is 369 g/mol. The molecule has 1 heterocycles. The number of para-hydroxylation sites is 2. The van der Waals surface area contributed by atoms with Crippen LogP contribution in [0, 0.1) is 6.92 Å². The van der Waals surface area contributed by atoms with Crippen LogP contribution in [0.15, 0.2) is 58.5 Å². The molecule has 1 amide bonds. The van der Waals surface area contributed by atoms with Crippen LogP contribution in [0.1, 0.15) is 12.7 Å². The molecule has 0 spiro atoms. The zero-order valence-corrected chi connectivity index (χ0v) is 15.9. The summed E-state index contributed by atoms with van der Waals surface area (Å²) in [4.78, 5) is 22.7. The van der Waals surface area contributed by atoms with Crippen molar-refractivity contribution in [3.05, 3.63) is 54.4 Å². The Balaban J connectivity index is 1.80. The summed E-state index contributed by atoms with van der Waals surface area (Å²) in [6, 6.07) is 15.7. The molecule has 1 unspecified atom stereocenters. The number of anilines is 1. The minimum absolute atomic E-state index is 0.0353. The lowest BCUT2D eigenvalue weighted by Gasteiger charge is -2.14. The van der Waals surface area contributed by atoms with E-state index in [1.165, 1.54) is 11.8 Å². The van der Waals surface area contributed by atoms with Gasteiger partial charge in [-0.25, -0.2) is 9.97 Å². The van der Waals surface area contributed by atoms with Crippen LogP contribution in [-0.4, -0.2) is 27.4 Å². The Hall–Kier alpha value is -2.05. The summed E-state index contributed by atoms with van der Waals surface area (Å²) in [5.41, 5.74) is 1.74. The highest BCUT2D eigenvalue weighted by molar-refractivity contribution is 8.00. The molecule has 4 nitrogen and oxygen atoms in total. The van der Waals surface area contributed by atoms with Gasteiger partial charge >= 0.3 is 0 Å². The van der Waals surface area contributed by atoms with Gasteiger partial charge in [0.15, 0.2) is 0 Å². The Morgan fingerprint density at radius 1 is 1.08 bits per heavy atom. The van der Waals surface area contributed by atoms with Crippen molar-refractivity contribution < 1.29 is 4.79 Å². The van der Waals surface area contributed by atoms with E-state index < -0.39 is 0 Å². The van der Waals surface area contributed by atoms with Crippen molar-refractivity contribution in [3.8, 4) is 0 Å². The normalized spacial score (nSPS) is 12.1. The first kappa shape index (κ1) is 17.8. The fourth-order valence-electron chi connectivity index (χ4n) is 2.45. The highest BCUT2D eigenvalue weighted by Gasteiger charge is 2.18. The number of benzene rings is 2. The average Bonchev–Trinajstić information content (AvgIpc) is 2.62. The Morgan fingerprint density at radius 2 is 1.80 bits per heavy atom. The fourth-order valence-corrected chi connectivity index (χ4v) is 3.99. The molecule has 0 radical (unpaired) electrons. The summed E-state index contributed by atoms with van der Waals surface area (Å²) in [6.07, 6.45) is 2.00. The van der Waals surface area contributed by atoms with Gasteiger partial charge in [0.25, 0.3) is 0 Å². The molecule has 25 heavy (non-hydrogen) atoms. The number of thioether (sulfide) groups is 2. The molecule has 1 aromatic heterocycles. The zero-order chi connectivity index (χ0) is 17.8. The van der Waals surface area contributed by atoms with Crippen LogP contribution >= 0.6 is 23.5 Å². The summed E-state index contributed by atoms with van der Waals surface area (Å²) in [5.74, 6) is 0.674. The predicted molar refractivity (Wildman–Crippen MR) is 106 cm³/mol. The first-order valence-electron chi connectivity index (χ1n) is 7.92. The molecule has 3 rings (SSSR count). The summed E-state index contributed by atoms with van der Waals surface area (Å²) in [5, 5.41) is 4.56. The lowest BCUT2D eigenvalue weighted by atomic mass is 10.2. The van der Waals surface area contributed by atoms with Gasteiger partial charge in [0.2, 0.25) is 5.91 Å². The molecule has 0 fully saturated rings. The van der Waals surface area contributed by atoms with E-state index in [-0.39, 0.29) is 11.2 Å². The highest BCUT2D eigenvalue weighted by Crippen LogP contribution is 2.30. The number of hydrogen-bond acceptors (Lipinski definition) is 5. The third-order valence-electron chi connectivity index (χ3n) is 3.70. The van der Waals surface area contributed by atoms with E-state index in [1.807, 2.05) is 68.6 Å². The second-order valence-electron chi connectivity index (χ2n) is 5.54. The Morgan fingerprint density at radius 3 is 2.60 bits per heavy atom. The van der Waals surface area contributed by atoms with Crippen molar-refractivity contribution in [2.24, 2.45) is 0 Å². The van der Waals surface area contributed by atoms with E-state index >= 15 is 0 Å². The van der Waals surface area contributed by atoms with Crippen molar-refractivity contribution in [2.75, 3.05) is 11.6 Å². The van der Waals surface area contributed by atoms with Gasteiger partial charge in [0.05, 0.1) is 16.5 Å². The maximum Gasteiger partial charge on any atom is 0.237 e. The third kappa shape index (κ3) is 4.14. The summed E-state index contributed by atoms with van der Waals surface area (Å²) < 4.78 is 0. The van der Waals surface area contributed by atoms with Crippen molar-refractivity contribution in [1.29, 1.82) is 0 Å². The molecule has 0 saturated heterocycles. The first-order chi connectivity index (χ1) is 12.1. The van der Waals surface area contributed by atoms with Gasteiger partial charge < -0.3 is 5.32 Å². The minimum Gasteiger partial charge on any atom is -0.324 e. The maximum atomic E-state index is 12.6. The molecular weight excluding hydrogens is 350 g/mol. The molecule has 3 aromatic rings. The topological polar surface area (TPSA) is 54.9 Å². The molecular formula is C19H19N3OS2. The summed E-state index contributed by atoms with van der Waals surface area (Å²) in [6.45, 7) is 3.77. The lowest BCUT2D eigenvalue weighted by molar-refractivity contribution is -0.115. The van der Waals surface area contributed by atoms with Gasteiger partial charge in [-0.05, 0) is 38.3 Å². The van der Waals surface area contributed by atoms with Crippen molar-refractivity contribution in [3.63, 3.8) is 0 Å². The molecule has 1 N–H and O–H groups in total. The van der Waals surface area contributed by atoms with Gasteiger partial charge in [-0.3, -0.25) is 4.79 Å². The van der Waals surface area contributed by atoms with Crippen LogP contribution < -0.4 is 5.32 Å². The number of nitrogens with one attached hydrogen (secondary N) is 1. The number of fused-ring (bicyclic) bond motifs is 1. The van der Waals surface area contributed by atoms with Crippen LogP contribution in [0.3, 0.4) is 0 Å². The number of carbonyl (C=O) groups excluding carboxylic acids is 1. The van der Waals surface area contributed by atoms with Crippen LogP contribution in [0.25, 0.3) is 10.9 Å². The molecule has 0 aliphatic heterocycles. The van der Waals surface area contributed by atoms with Gasteiger partial charge in [0.1, 0.15) is 10.9 Å².